The van der Waals surface area contributed by atoms with E-state index in [1.807, 2.05) is 0 Å². The van der Waals surface area contributed by atoms with Crippen molar-refractivity contribution in [2.24, 2.45) is 5.92 Å². The number of nitrogens with one attached hydrogen (secondary N) is 1. The summed E-state index contributed by atoms with van der Waals surface area (Å²) in [5.41, 5.74) is 0. The Hall–Kier alpha value is -1.36. The van der Waals surface area contributed by atoms with Gasteiger partial charge in [-0.3, -0.25) is 0 Å². The summed E-state index contributed by atoms with van der Waals surface area (Å²) < 4.78 is 0. The summed E-state index contributed by atoms with van der Waals surface area (Å²) in [6, 6.07) is 2.20. The summed E-state index contributed by atoms with van der Waals surface area (Å²) >= 11 is 1.74. The number of rotatable bonds is 7. The van der Waals surface area contributed by atoms with Crippen molar-refractivity contribution in [1.29, 1.82) is 0 Å². The van der Waals surface area contributed by atoms with E-state index in [2.05, 4.69) is 56.0 Å². The lowest BCUT2D eigenvalue weighted by Crippen LogP contribution is -2.22. The molecule has 0 radical (unpaired) electrons. The first-order valence-corrected chi connectivity index (χ1v) is 8.56. The van der Waals surface area contributed by atoms with Gasteiger partial charge in [-0.05, 0) is 31.7 Å². The molecule has 0 aliphatic heterocycles. The topological polar surface area (TPSA) is 41.1 Å². The van der Waals surface area contributed by atoms with E-state index in [0.29, 0.717) is 5.92 Å². The molecule has 0 aromatic carbocycles. The van der Waals surface area contributed by atoms with Crippen molar-refractivity contribution in [3.8, 4) is 0 Å². The van der Waals surface area contributed by atoms with Crippen LogP contribution in [0, 0.1) is 12.8 Å². The zero-order valence-electron chi connectivity index (χ0n) is 13.7. The second kappa shape index (κ2) is 7.07. The van der Waals surface area contributed by atoms with Crippen LogP contribution in [-0.2, 0) is 0 Å². The molecule has 0 amide bonds. The lowest BCUT2D eigenvalue weighted by molar-refractivity contribution is 0.584. The molecule has 0 aliphatic rings. The fourth-order valence-corrected chi connectivity index (χ4v) is 3.07. The minimum absolute atomic E-state index is 0.701. The summed E-state index contributed by atoms with van der Waals surface area (Å²) in [5, 5.41) is 4.49. The molecule has 2 heterocycles. The molecule has 116 valence electrons. The van der Waals surface area contributed by atoms with Gasteiger partial charge in [0.1, 0.15) is 10.6 Å². The van der Waals surface area contributed by atoms with Crippen LogP contribution < -0.4 is 10.2 Å². The van der Waals surface area contributed by atoms with Gasteiger partial charge in [-0.1, -0.05) is 20.8 Å². The van der Waals surface area contributed by atoms with Gasteiger partial charge in [-0.15, -0.1) is 11.3 Å². The van der Waals surface area contributed by atoms with Crippen molar-refractivity contribution in [1.82, 2.24) is 9.97 Å². The molecule has 2 aromatic rings. The smallest absolute Gasteiger partial charge is 0.226 e. The maximum absolute atomic E-state index is 4.74. The number of hydrogen-bond donors (Lipinski definition) is 1. The highest BCUT2D eigenvalue weighted by Crippen LogP contribution is 2.31. The Balaban J connectivity index is 2.33. The molecule has 0 atom stereocenters. The quantitative estimate of drug-likeness (QED) is 0.828. The van der Waals surface area contributed by atoms with Crippen LogP contribution in [0.15, 0.2) is 6.07 Å². The molecular weight excluding hydrogens is 280 g/mol. The molecule has 0 spiro atoms. The molecular formula is C16H26N4S. The number of nitrogens with zero attached hydrogens (tertiary/aromatic N) is 3. The molecule has 2 rings (SSSR count). The molecule has 1 N–H and O–H groups in total. The van der Waals surface area contributed by atoms with Crippen LogP contribution in [0.2, 0.25) is 0 Å². The van der Waals surface area contributed by atoms with Gasteiger partial charge in [0.25, 0.3) is 0 Å². The molecule has 5 heteroatoms. The van der Waals surface area contributed by atoms with Crippen LogP contribution >= 0.6 is 11.3 Å². The van der Waals surface area contributed by atoms with Gasteiger partial charge in [-0.2, -0.15) is 4.98 Å². The van der Waals surface area contributed by atoms with Crippen molar-refractivity contribution in [3.05, 3.63) is 10.9 Å². The highest BCUT2D eigenvalue weighted by Gasteiger charge is 2.14. The van der Waals surface area contributed by atoms with Crippen molar-refractivity contribution in [2.45, 2.75) is 40.5 Å². The third-order valence-corrected chi connectivity index (χ3v) is 4.38. The van der Waals surface area contributed by atoms with Crippen LogP contribution in [0.1, 0.15) is 38.5 Å². The normalized spacial score (nSPS) is 11.3. The average molecular weight is 306 g/mol. The van der Waals surface area contributed by atoms with Crippen LogP contribution in [0.25, 0.3) is 10.2 Å². The van der Waals surface area contributed by atoms with E-state index in [1.54, 1.807) is 11.3 Å². The molecule has 0 fully saturated rings. The predicted octanol–water partition coefficient (Wildman–Crippen LogP) is 4.30. The number of thiophene rings is 1. The fraction of sp³-hybridized carbons (Fsp3) is 0.625. The van der Waals surface area contributed by atoms with E-state index in [1.165, 1.54) is 16.7 Å². The number of hydrogen-bond acceptors (Lipinski definition) is 5. The summed E-state index contributed by atoms with van der Waals surface area (Å²) in [5.74, 6) is 2.49. The van der Waals surface area contributed by atoms with E-state index in [0.717, 1.165) is 36.1 Å². The first-order chi connectivity index (χ1) is 10.0. The molecule has 21 heavy (non-hydrogen) atoms. The van der Waals surface area contributed by atoms with Crippen LogP contribution in [0.5, 0.6) is 0 Å². The lowest BCUT2D eigenvalue weighted by atomic mass is 10.1. The summed E-state index contributed by atoms with van der Waals surface area (Å²) in [6.45, 7) is 10.7. The highest BCUT2D eigenvalue weighted by molar-refractivity contribution is 7.18. The van der Waals surface area contributed by atoms with Crippen LogP contribution in [0.3, 0.4) is 0 Å². The minimum atomic E-state index is 0.701. The summed E-state index contributed by atoms with van der Waals surface area (Å²) in [4.78, 5) is 14.0. The molecule has 0 saturated carbocycles. The molecule has 0 aliphatic carbocycles. The van der Waals surface area contributed by atoms with Gasteiger partial charge in [0.2, 0.25) is 5.95 Å². The zero-order chi connectivity index (χ0) is 15.4. The number of anilines is 2. The van der Waals surface area contributed by atoms with E-state index < -0.39 is 0 Å². The Kier molecular flexibility index (Phi) is 5.39. The zero-order valence-corrected chi connectivity index (χ0v) is 14.5. The van der Waals surface area contributed by atoms with Crippen LogP contribution in [-0.4, -0.2) is 30.1 Å². The van der Waals surface area contributed by atoms with Gasteiger partial charge < -0.3 is 10.2 Å². The lowest BCUT2D eigenvalue weighted by Gasteiger charge is -2.20. The predicted molar refractivity (Wildman–Crippen MR) is 93.7 cm³/mol. The van der Waals surface area contributed by atoms with E-state index >= 15 is 0 Å². The standard InChI is InChI=1S/C16H26N4S/c1-6-8-17-16-18-14(20(5)9-7-11(2)3)13-10-12(4)21-15(13)19-16/h10-11H,6-9H2,1-5H3,(H,17,18,19). The number of aromatic nitrogens is 2. The molecule has 4 nitrogen and oxygen atoms in total. The monoisotopic (exact) mass is 306 g/mol. The Morgan fingerprint density at radius 3 is 2.76 bits per heavy atom. The molecule has 0 unspecified atom stereocenters. The largest absolute Gasteiger partial charge is 0.359 e. The van der Waals surface area contributed by atoms with Gasteiger partial charge >= 0.3 is 0 Å². The van der Waals surface area contributed by atoms with Gasteiger partial charge in [0, 0.05) is 25.0 Å². The number of fused-ring (bicyclic) bond motifs is 1. The highest BCUT2D eigenvalue weighted by atomic mass is 32.1. The molecule has 0 bridgehead atoms. The van der Waals surface area contributed by atoms with Gasteiger partial charge in [0.15, 0.2) is 0 Å². The first-order valence-electron chi connectivity index (χ1n) is 7.74. The maximum atomic E-state index is 4.74. The molecule has 0 saturated heterocycles. The summed E-state index contributed by atoms with van der Waals surface area (Å²) in [7, 11) is 2.13. The van der Waals surface area contributed by atoms with E-state index in [9.17, 15) is 0 Å². The SMILES string of the molecule is CCCNc1nc(N(C)CCC(C)C)c2cc(C)sc2n1. The fourth-order valence-electron chi connectivity index (χ4n) is 2.19. The first kappa shape index (κ1) is 16.0. The third-order valence-electron chi connectivity index (χ3n) is 3.43. The second-order valence-electron chi connectivity index (χ2n) is 5.98. The average Bonchev–Trinajstić information content (AvgIpc) is 2.81. The summed E-state index contributed by atoms with van der Waals surface area (Å²) in [6.07, 6.45) is 2.24. The third kappa shape index (κ3) is 4.06. The van der Waals surface area contributed by atoms with E-state index in [-0.39, 0.29) is 0 Å². The van der Waals surface area contributed by atoms with E-state index in [4.69, 9.17) is 4.98 Å². The van der Waals surface area contributed by atoms with Crippen molar-refractivity contribution in [2.75, 3.05) is 30.4 Å². The Morgan fingerprint density at radius 2 is 2.10 bits per heavy atom. The number of aryl methyl sites for hydroxylation is 1. The van der Waals surface area contributed by atoms with Crippen molar-refractivity contribution < 1.29 is 0 Å². The Morgan fingerprint density at radius 1 is 1.33 bits per heavy atom. The molecule has 2 aromatic heterocycles. The Labute approximate surface area is 131 Å². The minimum Gasteiger partial charge on any atom is -0.359 e. The van der Waals surface area contributed by atoms with Gasteiger partial charge in [0.05, 0.1) is 5.39 Å². The van der Waals surface area contributed by atoms with Gasteiger partial charge in [-0.25, -0.2) is 4.98 Å². The maximum Gasteiger partial charge on any atom is 0.226 e. The van der Waals surface area contributed by atoms with Crippen molar-refractivity contribution in [3.63, 3.8) is 0 Å². The second-order valence-corrected chi connectivity index (χ2v) is 7.21. The van der Waals surface area contributed by atoms with Crippen molar-refractivity contribution >= 4 is 33.3 Å². The van der Waals surface area contributed by atoms with Crippen LogP contribution in [0.4, 0.5) is 11.8 Å². The Bertz CT molecular complexity index is 591.